The van der Waals surface area contributed by atoms with Crippen LogP contribution in [0.1, 0.15) is 29.4 Å². The fourth-order valence-electron chi connectivity index (χ4n) is 1.95. The van der Waals surface area contributed by atoms with Crippen LogP contribution in [-0.4, -0.2) is 41.1 Å². The molecule has 0 radical (unpaired) electrons. The maximum absolute atomic E-state index is 11.4. The van der Waals surface area contributed by atoms with Gasteiger partial charge in [-0.05, 0) is 23.9 Å². The second kappa shape index (κ2) is 4.44. The average Bonchev–Trinajstić information content (AvgIpc) is 2.64. The van der Waals surface area contributed by atoms with E-state index >= 15 is 0 Å². The van der Waals surface area contributed by atoms with Crippen molar-refractivity contribution >= 4 is 15.8 Å². The van der Waals surface area contributed by atoms with Crippen molar-refractivity contribution in [1.29, 1.82) is 0 Å². The van der Waals surface area contributed by atoms with E-state index in [9.17, 15) is 13.2 Å². The van der Waals surface area contributed by atoms with E-state index in [4.69, 9.17) is 9.63 Å². The number of sulfone groups is 1. The molecule has 17 heavy (non-hydrogen) atoms. The molecule has 1 saturated heterocycles. The largest absolute Gasteiger partial charge is 0.475 e. The van der Waals surface area contributed by atoms with Crippen molar-refractivity contribution in [2.24, 2.45) is 5.92 Å². The van der Waals surface area contributed by atoms with Crippen LogP contribution >= 0.6 is 0 Å². The molecule has 1 aromatic heterocycles. The van der Waals surface area contributed by atoms with E-state index in [0.29, 0.717) is 12.8 Å². The fourth-order valence-corrected chi connectivity index (χ4v) is 3.73. The lowest BCUT2D eigenvalue weighted by molar-refractivity contribution is 0.0680. The predicted molar refractivity (Wildman–Crippen MR) is 56.3 cm³/mol. The summed E-state index contributed by atoms with van der Waals surface area (Å²) < 4.78 is 27.6. The van der Waals surface area contributed by atoms with Gasteiger partial charge in [0.15, 0.2) is 9.84 Å². The summed E-state index contributed by atoms with van der Waals surface area (Å²) >= 11 is 0. The highest BCUT2D eigenvalue weighted by Gasteiger charge is 2.26. The Bertz CT molecular complexity index is 521. The zero-order valence-electron chi connectivity index (χ0n) is 9.00. The average molecular weight is 260 g/mol. The van der Waals surface area contributed by atoms with Crippen LogP contribution in [0.2, 0.25) is 0 Å². The summed E-state index contributed by atoms with van der Waals surface area (Å²) in [6.07, 6.45) is 1.73. The molecule has 0 aromatic carbocycles. The topological polar surface area (TPSA) is 110 Å². The maximum Gasteiger partial charge on any atom is 0.377 e. The van der Waals surface area contributed by atoms with E-state index < -0.39 is 21.6 Å². The Kier molecular flexibility index (Phi) is 3.14. The molecule has 0 amide bonds. The first kappa shape index (κ1) is 12.0. The van der Waals surface area contributed by atoms with Crippen molar-refractivity contribution in [1.82, 2.24) is 10.1 Å². The SMILES string of the molecule is O=C(O)c1noc(CC2CCCS(=O)(=O)C2)n1. The van der Waals surface area contributed by atoms with Crippen LogP contribution in [0, 0.1) is 5.92 Å². The Labute approximate surface area is 97.7 Å². The molecule has 0 aliphatic carbocycles. The molecule has 1 aromatic rings. The van der Waals surface area contributed by atoms with E-state index in [-0.39, 0.29) is 23.3 Å². The quantitative estimate of drug-likeness (QED) is 0.822. The number of hydrogen-bond acceptors (Lipinski definition) is 6. The zero-order valence-corrected chi connectivity index (χ0v) is 9.81. The number of hydrogen-bond donors (Lipinski definition) is 1. The summed E-state index contributed by atoms with van der Waals surface area (Å²) in [5.74, 6) is -1.18. The van der Waals surface area contributed by atoms with Crippen LogP contribution in [0.3, 0.4) is 0 Å². The van der Waals surface area contributed by atoms with Crippen LogP contribution in [0.15, 0.2) is 4.52 Å². The van der Waals surface area contributed by atoms with Crippen LogP contribution in [0.4, 0.5) is 0 Å². The summed E-state index contributed by atoms with van der Waals surface area (Å²) in [5.41, 5.74) is 0. The first-order chi connectivity index (χ1) is 7.96. The fraction of sp³-hybridized carbons (Fsp3) is 0.667. The van der Waals surface area contributed by atoms with Gasteiger partial charge < -0.3 is 9.63 Å². The second-order valence-electron chi connectivity index (χ2n) is 4.14. The van der Waals surface area contributed by atoms with E-state index in [0.717, 1.165) is 6.42 Å². The van der Waals surface area contributed by atoms with Gasteiger partial charge in [-0.2, -0.15) is 4.98 Å². The summed E-state index contributed by atoms with van der Waals surface area (Å²) in [6.45, 7) is 0. The maximum atomic E-state index is 11.4. The summed E-state index contributed by atoms with van der Waals surface area (Å²) in [7, 11) is -2.97. The van der Waals surface area contributed by atoms with Crippen molar-refractivity contribution in [3.8, 4) is 0 Å². The molecule has 1 unspecified atom stereocenters. The molecule has 2 rings (SSSR count). The third-order valence-corrected chi connectivity index (χ3v) is 4.57. The highest BCUT2D eigenvalue weighted by atomic mass is 32.2. The number of aromatic nitrogens is 2. The molecule has 7 nitrogen and oxygen atoms in total. The van der Waals surface area contributed by atoms with Gasteiger partial charge in [0.05, 0.1) is 11.5 Å². The predicted octanol–water partition coefficient (Wildman–Crippen LogP) is 0.135. The molecule has 8 heteroatoms. The molecule has 94 valence electrons. The van der Waals surface area contributed by atoms with Gasteiger partial charge in [-0.25, -0.2) is 13.2 Å². The summed E-state index contributed by atoms with van der Waals surface area (Å²) in [5, 5.41) is 11.9. The number of carbonyl (C=O) groups is 1. The van der Waals surface area contributed by atoms with E-state index in [1.165, 1.54) is 0 Å². The number of nitrogens with zero attached hydrogens (tertiary/aromatic N) is 2. The lowest BCUT2D eigenvalue weighted by atomic mass is 10.0. The molecule has 1 aliphatic rings. The van der Waals surface area contributed by atoms with Crippen molar-refractivity contribution in [3.63, 3.8) is 0 Å². The van der Waals surface area contributed by atoms with Crippen LogP contribution in [0.25, 0.3) is 0 Å². The number of aromatic carboxylic acids is 1. The van der Waals surface area contributed by atoms with E-state index in [1.807, 2.05) is 0 Å². The molecule has 2 heterocycles. The summed E-state index contributed by atoms with van der Waals surface area (Å²) in [4.78, 5) is 14.2. The first-order valence-corrected chi connectivity index (χ1v) is 7.05. The molecule has 1 N–H and O–H groups in total. The van der Waals surface area contributed by atoms with Gasteiger partial charge in [0.2, 0.25) is 5.89 Å². The Balaban J connectivity index is 2.03. The molecular formula is C9H12N2O5S. The Morgan fingerprint density at radius 3 is 2.88 bits per heavy atom. The van der Waals surface area contributed by atoms with Gasteiger partial charge in [-0.3, -0.25) is 0 Å². The molecular weight excluding hydrogens is 248 g/mol. The highest BCUT2D eigenvalue weighted by Crippen LogP contribution is 2.21. The van der Waals surface area contributed by atoms with Crippen LogP contribution in [0.5, 0.6) is 0 Å². The zero-order chi connectivity index (χ0) is 12.5. The minimum atomic E-state index is -2.97. The van der Waals surface area contributed by atoms with Crippen molar-refractivity contribution < 1.29 is 22.8 Å². The Hall–Kier alpha value is -1.44. The monoisotopic (exact) mass is 260 g/mol. The number of carboxylic acids is 1. The third-order valence-electron chi connectivity index (χ3n) is 2.68. The number of carboxylic acid groups (broad SMARTS) is 1. The van der Waals surface area contributed by atoms with Gasteiger partial charge in [0.25, 0.3) is 5.82 Å². The van der Waals surface area contributed by atoms with Gasteiger partial charge >= 0.3 is 5.97 Å². The molecule has 0 bridgehead atoms. The van der Waals surface area contributed by atoms with Gasteiger partial charge in [-0.15, -0.1) is 0 Å². The van der Waals surface area contributed by atoms with Crippen LogP contribution in [-0.2, 0) is 16.3 Å². The van der Waals surface area contributed by atoms with Crippen molar-refractivity contribution in [2.45, 2.75) is 19.3 Å². The van der Waals surface area contributed by atoms with Crippen molar-refractivity contribution in [2.75, 3.05) is 11.5 Å². The minimum Gasteiger partial charge on any atom is -0.475 e. The Morgan fingerprint density at radius 2 is 2.29 bits per heavy atom. The molecule has 1 fully saturated rings. The standard InChI is InChI=1S/C9H12N2O5S/c12-9(13)8-10-7(16-11-8)4-6-2-1-3-17(14,15)5-6/h6H,1-5H2,(H,12,13). The smallest absolute Gasteiger partial charge is 0.377 e. The molecule has 1 aliphatic heterocycles. The lowest BCUT2D eigenvalue weighted by Gasteiger charge is -2.19. The van der Waals surface area contributed by atoms with Gasteiger partial charge in [-0.1, -0.05) is 0 Å². The molecule has 1 atom stereocenters. The summed E-state index contributed by atoms with van der Waals surface area (Å²) in [6, 6.07) is 0. The first-order valence-electron chi connectivity index (χ1n) is 5.22. The lowest BCUT2D eigenvalue weighted by Crippen LogP contribution is -2.26. The second-order valence-corrected chi connectivity index (χ2v) is 6.37. The van der Waals surface area contributed by atoms with E-state index in [1.54, 1.807) is 0 Å². The van der Waals surface area contributed by atoms with E-state index in [2.05, 4.69) is 10.1 Å². The molecule has 0 saturated carbocycles. The van der Waals surface area contributed by atoms with Gasteiger partial charge in [0.1, 0.15) is 0 Å². The normalized spacial score (nSPS) is 23.4. The van der Waals surface area contributed by atoms with Crippen molar-refractivity contribution in [3.05, 3.63) is 11.7 Å². The third kappa shape index (κ3) is 3.02. The van der Waals surface area contributed by atoms with Gasteiger partial charge in [0, 0.05) is 6.42 Å². The molecule has 0 spiro atoms. The van der Waals surface area contributed by atoms with Crippen LogP contribution < -0.4 is 0 Å². The highest BCUT2D eigenvalue weighted by molar-refractivity contribution is 7.91. The Morgan fingerprint density at radius 1 is 1.53 bits per heavy atom. The minimum absolute atomic E-state index is 0.0594. The number of rotatable bonds is 3.